The predicted octanol–water partition coefficient (Wildman–Crippen LogP) is 2.32. The molecule has 17 heavy (non-hydrogen) atoms. The first kappa shape index (κ1) is 13.3. The number of anilines is 1. The number of ether oxygens (including phenoxy) is 1. The van der Waals surface area contributed by atoms with E-state index in [0.717, 1.165) is 12.1 Å². The molecule has 1 rings (SSSR count). The molecule has 0 radical (unpaired) electrons. The molecule has 1 atom stereocenters. The first-order chi connectivity index (χ1) is 7.97. The van der Waals surface area contributed by atoms with Crippen molar-refractivity contribution in [2.24, 2.45) is 0 Å². The lowest BCUT2D eigenvalue weighted by Gasteiger charge is -2.14. The van der Waals surface area contributed by atoms with Crippen molar-refractivity contribution in [3.8, 4) is 0 Å². The molecule has 1 N–H and O–H groups in total. The van der Waals surface area contributed by atoms with Gasteiger partial charge in [0.1, 0.15) is 0 Å². The molecule has 0 saturated heterocycles. The molecule has 0 amide bonds. The van der Waals surface area contributed by atoms with E-state index in [2.05, 4.69) is 5.32 Å². The summed E-state index contributed by atoms with van der Waals surface area (Å²) < 4.78 is 31.2. The number of halogens is 2. The minimum atomic E-state index is -1.26. The fraction of sp³-hybridized carbons (Fsp3) is 0.400. The zero-order valence-electron chi connectivity index (χ0n) is 9.37. The van der Waals surface area contributed by atoms with E-state index in [0.29, 0.717) is 0 Å². The Morgan fingerprint density at radius 1 is 1.53 bits per heavy atom. The summed E-state index contributed by atoms with van der Waals surface area (Å²) >= 11 is 0. The van der Waals surface area contributed by atoms with Gasteiger partial charge in [-0.2, -0.15) is 0 Å². The summed E-state index contributed by atoms with van der Waals surface area (Å²) in [7, 11) is 1.44. The standard InChI is InChI=1S/C10H12F2N2O3/c1-6(5-17-2)13-10-8(14(15)16)4-3-7(11)9(10)12/h3-4,6,13H,5H2,1-2H3. The second kappa shape index (κ2) is 5.53. The second-order valence-electron chi connectivity index (χ2n) is 3.51. The first-order valence-electron chi connectivity index (χ1n) is 4.85. The van der Waals surface area contributed by atoms with Gasteiger partial charge in [-0.05, 0) is 13.0 Å². The third-order valence-electron chi connectivity index (χ3n) is 2.08. The SMILES string of the molecule is COCC(C)Nc1c([N+](=O)[O-])ccc(F)c1F. The molecule has 94 valence electrons. The molecule has 0 saturated carbocycles. The van der Waals surface area contributed by atoms with E-state index in [9.17, 15) is 18.9 Å². The summed E-state index contributed by atoms with van der Waals surface area (Å²) in [6.45, 7) is 1.85. The summed E-state index contributed by atoms with van der Waals surface area (Å²) in [5, 5.41) is 13.2. The summed E-state index contributed by atoms with van der Waals surface area (Å²) in [5.74, 6) is -2.40. The number of nitrogens with zero attached hydrogens (tertiary/aromatic N) is 1. The van der Waals surface area contributed by atoms with E-state index >= 15 is 0 Å². The normalized spacial score (nSPS) is 12.2. The van der Waals surface area contributed by atoms with Crippen LogP contribution in [0.15, 0.2) is 12.1 Å². The molecular weight excluding hydrogens is 234 g/mol. The maximum absolute atomic E-state index is 13.4. The predicted molar refractivity (Wildman–Crippen MR) is 58.0 cm³/mol. The van der Waals surface area contributed by atoms with Crippen LogP contribution < -0.4 is 5.32 Å². The van der Waals surface area contributed by atoms with Crippen LogP contribution in [0.1, 0.15) is 6.92 Å². The van der Waals surface area contributed by atoms with Crippen LogP contribution in [0.2, 0.25) is 0 Å². The Labute approximate surface area is 96.5 Å². The van der Waals surface area contributed by atoms with Gasteiger partial charge in [-0.25, -0.2) is 8.78 Å². The van der Waals surface area contributed by atoms with Crippen molar-refractivity contribution in [3.63, 3.8) is 0 Å². The maximum atomic E-state index is 13.4. The highest BCUT2D eigenvalue weighted by Gasteiger charge is 2.22. The highest BCUT2D eigenvalue weighted by Crippen LogP contribution is 2.29. The second-order valence-corrected chi connectivity index (χ2v) is 3.51. The van der Waals surface area contributed by atoms with Gasteiger partial charge in [0.2, 0.25) is 0 Å². The molecule has 5 nitrogen and oxygen atoms in total. The van der Waals surface area contributed by atoms with Crippen LogP contribution in [0.25, 0.3) is 0 Å². The molecule has 0 bridgehead atoms. The Morgan fingerprint density at radius 2 is 2.18 bits per heavy atom. The summed E-state index contributed by atoms with van der Waals surface area (Å²) in [4.78, 5) is 9.90. The van der Waals surface area contributed by atoms with Crippen molar-refractivity contribution in [3.05, 3.63) is 33.9 Å². The van der Waals surface area contributed by atoms with Gasteiger partial charge in [0, 0.05) is 19.2 Å². The molecule has 0 fully saturated rings. The molecule has 0 aliphatic rings. The Morgan fingerprint density at radius 3 is 2.71 bits per heavy atom. The lowest BCUT2D eigenvalue weighted by Crippen LogP contribution is -2.22. The van der Waals surface area contributed by atoms with Gasteiger partial charge in [-0.15, -0.1) is 0 Å². The summed E-state index contributed by atoms with van der Waals surface area (Å²) in [5.41, 5.74) is -0.966. The van der Waals surface area contributed by atoms with Gasteiger partial charge in [0.05, 0.1) is 11.5 Å². The molecular formula is C10H12F2N2O3. The monoisotopic (exact) mass is 246 g/mol. The maximum Gasteiger partial charge on any atom is 0.295 e. The van der Waals surface area contributed by atoms with Crippen molar-refractivity contribution in [1.82, 2.24) is 0 Å². The molecule has 1 unspecified atom stereocenters. The van der Waals surface area contributed by atoms with Crippen LogP contribution in [0.4, 0.5) is 20.2 Å². The summed E-state index contributed by atoms with van der Waals surface area (Å²) in [6.07, 6.45) is 0. The van der Waals surface area contributed by atoms with E-state index in [4.69, 9.17) is 4.74 Å². The van der Waals surface area contributed by atoms with Gasteiger partial charge in [-0.1, -0.05) is 0 Å². The molecule has 0 aliphatic carbocycles. The average molecular weight is 246 g/mol. The molecule has 1 aromatic rings. The van der Waals surface area contributed by atoms with Crippen LogP contribution in [0.3, 0.4) is 0 Å². The number of hydrogen-bond acceptors (Lipinski definition) is 4. The number of nitro groups is 1. The number of methoxy groups -OCH3 is 1. The lowest BCUT2D eigenvalue weighted by atomic mass is 10.2. The van der Waals surface area contributed by atoms with Gasteiger partial charge >= 0.3 is 0 Å². The Balaban J connectivity index is 3.10. The van der Waals surface area contributed by atoms with E-state index in [1.54, 1.807) is 6.92 Å². The van der Waals surface area contributed by atoms with Crippen molar-refractivity contribution in [2.75, 3.05) is 19.0 Å². The molecule has 7 heteroatoms. The minimum absolute atomic E-state index is 0.215. The average Bonchev–Trinajstić information content (AvgIpc) is 2.25. The summed E-state index contributed by atoms with van der Waals surface area (Å²) in [6, 6.07) is 1.26. The Hall–Kier alpha value is -1.76. The number of rotatable bonds is 5. The van der Waals surface area contributed by atoms with Gasteiger partial charge in [-0.3, -0.25) is 10.1 Å². The highest BCUT2D eigenvalue weighted by molar-refractivity contribution is 5.62. The van der Waals surface area contributed by atoms with Crippen molar-refractivity contribution in [2.45, 2.75) is 13.0 Å². The largest absolute Gasteiger partial charge is 0.383 e. The zero-order chi connectivity index (χ0) is 13.0. The fourth-order valence-electron chi connectivity index (χ4n) is 1.37. The third-order valence-corrected chi connectivity index (χ3v) is 2.08. The van der Waals surface area contributed by atoms with Crippen molar-refractivity contribution in [1.29, 1.82) is 0 Å². The lowest BCUT2D eigenvalue weighted by molar-refractivity contribution is -0.384. The van der Waals surface area contributed by atoms with Crippen LogP contribution in [0, 0.1) is 21.7 Å². The van der Waals surface area contributed by atoms with Crippen LogP contribution >= 0.6 is 0 Å². The smallest absolute Gasteiger partial charge is 0.295 e. The van der Waals surface area contributed by atoms with E-state index in [-0.39, 0.29) is 12.6 Å². The number of benzene rings is 1. The fourth-order valence-corrected chi connectivity index (χ4v) is 1.37. The molecule has 0 spiro atoms. The minimum Gasteiger partial charge on any atom is -0.383 e. The molecule has 0 aliphatic heterocycles. The quantitative estimate of drug-likeness (QED) is 0.639. The zero-order valence-corrected chi connectivity index (χ0v) is 9.37. The van der Waals surface area contributed by atoms with E-state index in [1.165, 1.54) is 7.11 Å². The van der Waals surface area contributed by atoms with Gasteiger partial charge < -0.3 is 10.1 Å². The third kappa shape index (κ3) is 3.10. The first-order valence-corrected chi connectivity index (χ1v) is 4.85. The van der Waals surface area contributed by atoms with E-state index < -0.39 is 27.9 Å². The van der Waals surface area contributed by atoms with Crippen molar-refractivity contribution < 1.29 is 18.4 Å². The van der Waals surface area contributed by atoms with E-state index in [1.807, 2.05) is 0 Å². The van der Waals surface area contributed by atoms with Gasteiger partial charge in [0.15, 0.2) is 17.3 Å². The van der Waals surface area contributed by atoms with Crippen LogP contribution in [-0.4, -0.2) is 24.7 Å². The van der Waals surface area contributed by atoms with Crippen LogP contribution in [-0.2, 0) is 4.74 Å². The number of hydrogen-bond donors (Lipinski definition) is 1. The highest BCUT2D eigenvalue weighted by atomic mass is 19.2. The molecule has 0 heterocycles. The Kier molecular flexibility index (Phi) is 4.33. The van der Waals surface area contributed by atoms with Crippen LogP contribution in [0.5, 0.6) is 0 Å². The topological polar surface area (TPSA) is 64.4 Å². The molecule has 1 aromatic carbocycles. The Bertz CT molecular complexity index is 426. The number of nitro benzene ring substituents is 1. The van der Waals surface area contributed by atoms with Crippen molar-refractivity contribution >= 4 is 11.4 Å². The van der Waals surface area contributed by atoms with Gasteiger partial charge in [0.25, 0.3) is 5.69 Å². The molecule has 0 aromatic heterocycles. The number of nitrogens with one attached hydrogen (secondary N) is 1.